The number of para-hydroxylation sites is 2. The van der Waals surface area contributed by atoms with Crippen molar-refractivity contribution in [3.8, 4) is 0 Å². The highest BCUT2D eigenvalue weighted by Crippen LogP contribution is 2.31. The molecular formula is C18H22N2O. The molecule has 1 heterocycles. The van der Waals surface area contributed by atoms with Gasteiger partial charge in [0.1, 0.15) is 0 Å². The van der Waals surface area contributed by atoms with Crippen molar-refractivity contribution in [2.24, 2.45) is 0 Å². The van der Waals surface area contributed by atoms with Crippen molar-refractivity contribution >= 4 is 11.4 Å². The van der Waals surface area contributed by atoms with E-state index in [-0.39, 0.29) is 6.10 Å². The largest absolute Gasteiger partial charge is 0.378 e. The highest BCUT2D eigenvalue weighted by molar-refractivity contribution is 5.64. The van der Waals surface area contributed by atoms with Gasteiger partial charge < -0.3 is 15.0 Å². The van der Waals surface area contributed by atoms with Crippen LogP contribution >= 0.6 is 0 Å². The van der Waals surface area contributed by atoms with Gasteiger partial charge in [-0.3, -0.25) is 0 Å². The molecule has 2 atom stereocenters. The molecule has 0 aliphatic carbocycles. The number of benzene rings is 2. The number of anilines is 2. The summed E-state index contributed by atoms with van der Waals surface area (Å²) < 4.78 is 5.72. The lowest BCUT2D eigenvalue weighted by molar-refractivity contribution is 0.0646. The van der Waals surface area contributed by atoms with Crippen molar-refractivity contribution in [2.75, 3.05) is 25.1 Å². The molecule has 1 N–H and O–H groups in total. The van der Waals surface area contributed by atoms with Gasteiger partial charge in [-0.2, -0.15) is 0 Å². The van der Waals surface area contributed by atoms with Gasteiger partial charge in [0.05, 0.1) is 12.1 Å². The van der Waals surface area contributed by atoms with Crippen molar-refractivity contribution in [2.45, 2.75) is 18.6 Å². The summed E-state index contributed by atoms with van der Waals surface area (Å²) in [5.41, 5.74) is 2.44. The number of methoxy groups -OCH3 is 1. The lowest BCUT2D eigenvalue weighted by atomic mass is 9.99. The fourth-order valence-corrected chi connectivity index (χ4v) is 3.06. The zero-order valence-electron chi connectivity index (χ0n) is 12.4. The first-order valence-corrected chi connectivity index (χ1v) is 7.53. The van der Waals surface area contributed by atoms with Crippen LogP contribution in [0.25, 0.3) is 0 Å². The second kappa shape index (κ2) is 6.74. The fourth-order valence-electron chi connectivity index (χ4n) is 3.06. The van der Waals surface area contributed by atoms with E-state index in [4.69, 9.17) is 4.74 Å². The Labute approximate surface area is 126 Å². The van der Waals surface area contributed by atoms with Gasteiger partial charge in [-0.1, -0.05) is 36.4 Å². The summed E-state index contributed by atoms with van der Waals surface area (Å²) in [4.78, 5) is 2.41. The Hall–Kier alpha value is -1.84. The summed E-state index contributed by atoms with van der Waals surface area (Å²) in [5, 5.41) is 3.42. The summed E-state index contributed by atoms with van der Waals surface area (Å²) in [6.07, 6.45) is 1.27. The van der Waals surface area contributed by atoms with E-state index in [1.54, 1.807) is 7.11 Å². The van der Waals surface area contributed by atoms with Crippen LogP contribution in [0.1, 0.15) is 6.42 Å². The summed E-state index contributed by atoms with van der Waals surface area (Å²) in [5.74, 6) is 0. The second-order valence-corrected chi connectivity index (χ2v) is 5.38. The van der Waals surface area contributed by atoms with Crippen LogP contribution in [0, 0.1) is 0 Å². The molecule has 21 heavy (non-hydrogen) atoms. The first-order chi connectivity index (χ1) is 10.4. The predicted molar refractivity (Wildman–Crippen MR) is 87.1 cm³/mol. The molecule has 2 aromatic rings. The number of hydrogen-bond donors (Lipinski definition) is 1. The lowest BCUT2D eigenvalue weighted by Crippen LogP contribution is -2.52. The van der Waals surface area contributed by atoms with Gasteiger partial charge >= 0.3 is 0 Å². The van der Waals surface area contributed by atoms with Crippen LogP contribution in [-0.4, -0.2) is 32.3 Å². The van der Waals surface area contributed by atoms with E-state index >= 15 is 0 Å². The average Bonchev–Trinajstić information content (AvgIpc) is 2.58. The fraction of sp³-hybridized carbons (Fsp3) is 0.333. The molecule has 0 amide bonds. The lowest BCUT2D eigenvalue weighted by Gasteiger charge is -2.41. The Morgan fingerprint density at radius 1 is 0.952 bits per heavy atom. The first kappa shape index (κ1) is 14.1. The van der Waals surface area contributed by atoms with Crippen LogP contribution < -0.4 is 10.2 Å². The number of hydrogen-bond acceptors (Lipinski definition) is 3. The van der Waals surface area contributed by atoms with Crippen LogP contribution in [0.4, 0.5) is 11.4 Å². The van der Waals surface area contributed by atoms with Crippen LogP contribution in [-0.2, 0) is 4.74 Å². The molecule has 3 nitrogen and oxygen atoms in total. The zero-order chi connectivity index (χ0) is 14.5. The number of nitrogens with zero attached hydrogens (tertiary/aromatic N) is 1. The molecule has 3 rings (SSSR count). The zero-order valence-corrected chi connectivity index (χ0v) is 12.4. The third-order valence-corrected chi connectivity index (χ3v) is 4.09. The van der Waals surface area contributed by atoms with Crippen molar-refractivity contribution in [3.05, 3.63) is 60.7 Å². The van der Waals surface area contributed by atoms with E-state index < -0.39 is 0 Å². The Kier molecular flexibility index (Phi) is 4.53. The van der Waals surface area contributed by atoms with E-state index in [0.29, 0.717) is 6.04 Å². The maximum atomic E-state index is 5.72. The van der Waals surface area contributed by atoms with Crippen LogP contribution in [0.5, 0.6) is 0 Å². The van der Waals surface area contributed by atoms with E-state index in [1.165, 1.54) is 11.4 Å². The third kappa shape index (κ3) is 3.09. The van der Waals surface area contributed by atoms with Gasteiger partial charge in [0, 0.05) is 25.0 Å². The number of rotatable bonds is 4. The SMILES string of the molecule is CO[C@H]1CNCC[C@H]1N(c1ccccc1)c1ccccc1. The molecular weight excluding hydrogens is 260 g/mol. The molecule has 2 aromatic carbocycles. The van der Waals surface area contributed by atoms with Crippen LogP contribution in [0.3, 0.4) is 0 Å². The Morgan fingerprint density at radius 3 is 2.05 bits per heavy atom. The van der Waals surface area contributed by atoms with Crippen molar-refractivity contribution in [3.63, 3.8) is 0 Å². The Bertz CT molecular complexity index is 504. The Balaban J connectivity index is 2.00. The number of piperidine rings is 1. The molecule has 1 aliphatic heterocycles. The molecule has 0 radical (unpaired) electrons. The second-order valence-electron chi connectivity index (χ2n) is 5.38. The van der Waals surface area contributed by atoms with Gasteiger partial charge in [0.2, 0.25) is 0 Å². The minimum absolute atomic E-state index is 0.194. The third-order valence-electron chi connectivity index (χ3n) is 4.09. The molecule has 1 aliphatic rings. The Morgan fingerprint density at radius 2 is 1.52 bits per heavy atom. The highest BCUT2D eigenvalue weighted by atomic mass is 16.5. The van der Waals surface area contributed by atoms with Crippen molar-refractivity contribution in [1.82, 2.24) is 5.32 Å². The summed E-state index contributed by atoms with van der Waals surface area (Å²) in [6.45, 7) is 1.93. The van der Waals surface area contributed by atoms with Crippen LogP contribution in [0.15, 0.2) is 60.7 Å². The van der Waals surface area contributed by atoms with Gasteiger partial charge in [0.25, 0.3) is 0 Å². The van der Waals surface area contributed by atoms with Gasteiger partial charge in [-0.25, -0.2) is 0 Å². The molecule has 0 unspecified atom stereocenters. The predicted octanol–water partition coefficient (Wildman–Crippen LogP) is 3.20. The van der Waals surface area contributed by atoms with E-state index in [9.17, 15) is 0 Å². The van der Waals surface area contributed by atoms with E-state index in [0.717, 1.165) is 19.5 Å². The quantitative estimate of drug-likeness (QED) is 0.932. The van der Waals surface area contributed by atoms with Gasteiger partial charge in [-0.15, -0.1) is 0 Å². The molecule has 1 saturated heterocycles. The molecule has 1 fully saturated rings. The molecule has 0 spiro atoms. The topological polar surface area (TPSA) is 24.5 Å². The standard InChI is InChI=1S/C18H22N2O/c1-21-18-14-19-13-12-17(18)20(15-8-4-2-5-9-15)16-10-6-3-7-11-16/h2-11,17-19H,12-14H2,1H3/t17-,18+/m1/s1. The van der Waals surface area contributed by atoms with Crippen LogP contribution in [0.2, 0.25) is 0 Å². The van der Waals surface area contributed by atoms with E-state index in [1.807, 2.05) is 0 Å². The average molecular weight is 282 g/mol. The maximum Gasteiger partial charge on any atom is 0.0903 e. The molecule has 0 saturated carbocycles. The summed E-state index contributed by atoms with van der Waals surface area (Å²) in [7, 11) is 1.80. The number of ether oxygens (including phenoxy) is 1. The summed E-state index contributed by atoms with van der Waals surface area (Å²) in [6, 6.07) is 21.5. The first-order valence-electron chi connectivity index (χ1n) is 7.53. The number of nitrogens with one attached hydrogen (secondary N) is 1. The van der Waals surface area contributed by atoms with Gasteiger partial charge in [-0.05, 0) is 37.2 Å². The van der Waals surface area contributed by atoms with Gasteiger partial charge in [0.15, 0.2) is 0 Å². The monoisotopic (exact) mass is 282 g/mol. The van der Waals surface area contributed by atoms with Crippen molar-refractivity contribution < 1.29 is 4.74 Å². The smallest absolute Gasteiger partial charge is 0.0903 e. The molecule has 3 heteroatoms. The maximum absolute atomic E-state index is 5.72. The minimum Gasteiger partial charge on any atom is -0.378 e. The highest BCUT2D eigenvalue weighted by Gasteiger charge is 2.31. The van der Waals surface area contributed by atoms with E-state index in [2.05, 4.69) is 70.9 Å². The van der Waals surface area contributed by atoms with Crippen molar-refractivity contribution in [1.29, 1.82) is 0 Å². The normalized spacial score (nSPS) is 22.0. The molecule has 110 valence electrons. The molecule has 0 aromatic heterocycles. The summed E-state index contributed by atoms with van der Waals surface area (Å²) >= 11 is 0. The minimum atomic E-state index is 0.194. The molecule has 0 bridgehead atoms.